The maximum absolute atomic E-state index is 11.7. The maximum atomic E-state index is 11.7. The number of carbonyl (C=O) groups is 1. The number of pyridine rings is 1. The zero-order valence-corrected chi connectivity index (χ0v) is 15.5. The first-order valence-corrected chi connectivity index (χ1v) is 8.85. The predicted octanol–water partition coefficient (Wildman–Crippen LogP) is 5.67. The van der Waals surface area contributed by atoms with E-state index in [2.05, 4.69) is 34.2 Å². The van der Waals surface area contributed by atoms with Crippen molar-refractivity contribution in [1.29, 1.82) is 0 Å². The average molecular weight is 359 g/mol. The van der Waals surface area contributed by atoms with E-state index in [1.54, 1.807) is 12.3 Å². The van der Waals surface area contributed by atoms with E-state index >= 15 is 0 Å². The second-order valence-electron chi connectivity index (χ2n) is 7.59. The van der Waals surface area contributed by atoms with Gasteiger partial charge >= 0.3 is 6.09 Å². The molecule has 0 fully saturated rings. The number of rotatable bonds is 2. The van der Waals surface area contributed by atoms with Gasteiger partial charge in [0.2, 0.25) is 0 Å². The van der Waals surface area contributed by atoms with Crippen LogP contribution < -0.4 is 4.90 Å². The number of fused-ring (bicyclic) bond motifs is 3. The zero-order chi connectivity index (χ0) is 19.2. The van der Waals surface area contributed by atoms with Crippen molar-refractivity contribution in [3.63, 3.8) is 0 Å². The topological polar surface area (TPSA) is 69.2 Å². The summed E-state index contributed by atoms with van der Waals surface area (Å²) in [5, 5.41) is 11.9. The van der Waals surface area contributed by atoms with Crippen LogP contribution in [0.1, 0.15) is 20.8 Å². The summed E-state index contributed by atoms with van der Waals surface area (Å²) in [6.07, 6.45) is 0.731. The Balaban J connectivity index is 1.84. The summed E-state index contributed by atoms with van der Waals surface area (Å²) in [5.74, 6) is 0.421. The molecular weight excluding hydrogens is 338 g/mol. The Morgan fingerprint density at radius 1 is 1.00 bits per heavy atom. The number of anilines is 1. The van der Waals surface area contributed by atoms with E-state index in [0.717, 1.165) is 32.9 Å². The van der Waals surface area contributed by atoms with E-state index in [1.807, 2.05) is 45.0 Å². The van der Waals surface area contributed by atoms with Crippen LogP contribution in [0.5, 0.6) is 0 Å². The Kier molecular flexibility index (Phi) is 3.88. The third-order valence-corrected chi connectivity index (χ3v) is 4.68. The molecule has 0 aliphatic carbocycles. The molecule has 5 heteroatoms. The van der Waals surface area contributed by atoms with Crippen LogP contribution in [0, 0.1) is 0 Å². The quantitative estimate of drug-likeness (QED) is 0.485. The van der Waals surface area contributed by atoms with Crippen LogP contribution in [0.25, 0.3) is 32.9 Å². The van der Waals surface area contributed by atoms with Crippen molar-refractivity contribution in [2.75, 3.05) is 4.90 Å². The summed E-state index contributed by atoms with van der Waals surface area (Å²) in [6.45, 7) is 5.55. The third kappa shape index (κ3) is 2.91. The highest BCUT2D eigenvalue weighted by Gasteiger charge is 2.28. The van der Waals surface area contributed by atoms with E-state index < -0.39 is 11.6 Å². The SMILES string of the molecule is CC(C)(C)N(C(=O)O)c1ccc(-c2cccc3[nH]c4ccccc4c23)cn1. The van der Waals surface area contributed by atoms with Gasteiger partial charge in [-0.3, -0.25) is 4.90 Å². The third-order valence-electron chi connectivity index (χ3n) is 4.68. The second kappa shape index (κ2) is 6.13. The van der Waals surface area contributed by atoms with E-state index in [0.29, 0.717) is 5.82 Å². The Labute approximate surface area is 157 Å². The normalized spacial score (nSPS) is 11.8. The van der Waals surface area contributed by atoms with E-state index in [1.165, 1.54) is 4.90 Å². The number of aromatic amines is 1. The standard InChI is InChI=1S/C22H21N3O2/c1-22(2,3)25(21(26)27)19-12-11-14(13-23-19)15-8-6-10-18-20(15)16-7-4-5-9-17(16)24-18/h4-13,24H,1-3H3,(H,26,27). The highest BCUT2D eigenvalue weighted by molar-refractivity contribution is 6.14. The molecular formula is C22H21N3O2. The molecule has 0 saturated heterocycles. The lowest BCUT2D eigenvalue weighted by molar-refractivity contribution is 0.195. The first-order valence-electron chi connectivity index (χ1n) is 8.85. The minimum atomic E-state index is -1.01. The largest absolute Gasteiger partial charge is 0.465 e. The summed E-state index contributed by atoms with van der Waals surface area (Å²) >= 11 is 0. The number of H-pyrrole nitrogens is 1. The summed E-state index contributed by atoms with van der Waals surface area (Å²) in [6, 6.07) is 18.1. The Morgan fingerprint density at radius 2 is 1.74 bits per heavy atom. The smallest absolute Gasteiger partial charge is 0.413 e. The lowest BCUT2D eigenvalue weighted by Gasteiger charge is -2.32. The number of para-hydroxylation sites is 1. The molecule has 2 heterocycles. The van der Waals surface area contributed by atoms with E-state index in [-0.39, 0.29) is 0 Å². The summed E-state index contributed by atoms with van der Waals surface area (Å²) in [5.41, 5.74) is 3.61. The fourth-order valence-electron chi connectivity index (χ4n) is 3.55. The molecule has 0 atom stereocenters. The molecule has 136 valence electrons. The monoisotopic (exact) mass is 359 g/mol. The van der Waals surface area contributed by atoms with Crippen molar-refractivity contribution in [2.24, 2.45) is 0 Å². The van der Waals surface area contributed by atoms with Gasteiger partial charge < -0.3 is 10.1 Å². The molecule has 0 saturated carbocycles. The molecule has 27 heavy (non-hydrogen) atoms. The number of nitrogens with zero attached hydrogens (tertiary/aromatic N) is 2. The molecule has 5 nitrogen and oxygen atoms in total. The highest BCUT2D eigenvalue weighted by atomic mass is 16.4. The molecule has 1 amide bonds. The summed E-state index contributed by atoms with van der Waals surface area (Å²) < 4.78 is 0. The van der Waals surface area contributed by atoms with Crippen LogP contribution in [0.4, 0.5) is 10.6 Å². The number of aromatic nitrogens is 2. The average Bonchev–Trinajstić information content (AvgIpc) is 2.99. The van der Waals surface area contributed by atoms with Crippen molar-refractivity contribution < 1.29 is 9.90 Å². The van der Waals surface area contributed by atoms with Gasteiger partial charge in [0.1, 0.15) is 5.82 Å². The molecule has 0 aliphatic rings. The van der Waals surface area contributed by atoms with Crippen LogP contribution >= 0.6 is 0 Å². The van der Waals surface area contributed by atoms with Gasteiger partial charge in [0.05, 0.1) is 0 Å². The Hall–Kier alpha value is -3.34. The Morgan fingerprint density at radius 3 is 2.41 bits per heavy atom. The second-order valence-corrected chi connectivity index (χ2v) is 7.59. The van der Waals surface area contributed by atoms with Crippen molar-refractivity contribution in [1.82, 2.24) is 9.97 Å². The molecule has 2 aromatic carbocycles. The zero-order valence-electron chi connectivity index (χ0n) is 15.5. The fraction of sp³-hybridized carbons (Fsp3) is 0.182. The van der Waals surface area contributed by atoms with Gasteiger partial charge in [-0.1, -0.05) is 30.3 Å². The number of amides is 1. The van der Waals surface area contributed by atoms with Crippen LogP contribution in [0.15, 0.2) is 60.8 Å². The van der Waals surface area contributed by atoms with Gasteiger partial charge in [0, 0.05) is 39.1 Å². The first kappa shape index (κ1) is 17.1. The van der Waals surface area contributed by atoms with Crippen LogP contribution in [0.3, 0.4) is 0 Å². The lowest BCUT2D eigenvalue weighted by Crippen LogP contribution is -2.45. The lowest BCUT2D eigenvalue weighted by atomic mass is 10.0. The highest BCUT2D eigenvalue weighted by Crippen LogP contribution is 2.35. The summed E-state index contributed by atoms with van der Waals surface area (Å²) in [4.78, 5) is 20.8. The van der Waals surface area contributed by atoms with Gasteiger partial charge in [-0.15, -0.1) is 0 Å². The summed E-state index contributed by atoms with van der Waals surface area (Å²) in [7, 11) is 0. The van der Waals surface area contributed by atoms with Crippen LogP contribution in [-0.4, -0.2) is 26.7 Å². The number of benzene rings is 2. The molecule has 2 aromatic heterocycles. The van der Waals surface area contributed by atoms with Gasteiger partial charge in [-0.25, -0.2) is 9.78 Å². The number of carboxylic acid groups (broad SMARTS) is 1. The number of hydrogen-bond donors (Lipinski definition) is 2. The molecule has 4 rings (SSSR count). The van der Waals surface area contributed by atoms with Crippen LogP contribution in [-0.2, 0) is 0 Å². The first-order chi connectivity index (χ1) is 12.9. The van der Waals surface area contributed by atoms with Gasteiger partial charge in [0.15, 0.2) is 0 Å². The maximum Gasteiger partial charge on any atom is 0.413 e. The molecule has 0 unspecified atom stereocenters. The molecule has 0 bridgehead atoms. The number of hydrogen-bond acceptors (Lipinski definition) is 2. The number of nitrogens with one attached hydrogen (secondary N) is 1. The van der Waals surface area contributed by atoms with Gasteiger partial charge in [-0.05, 0) is 50.6 Å². The fourth-order valence-corrected chi connectivity index (χ4v) is 3.55. The predicted molar refractivity (Wildman–Crippen MR) is 109 cm³/mol. The van der Waals surface area contributed by atoms with Crippen molar-refractivity contribution >= 4 is 33.7 Å². The van der Waals surface area contributed by atoms with Gasteiger partial charge in [-0.2, -0.15) is 0 Å². The van der Waals surface area contributed by atoms with E-state index in [4.69, 9.17) is 0 Å². The van der Waals surface area contributed by atoms with Crippen molar-refractivity contribution in [3.8, 4) is 11.1 Å². The molecule has 0 radical (unpaired) electrons. The molecule has 4 aromatic rings. The molecule has 0 aliphatic heterocycles. The van der Waals surface area contributed by atoms with Crippen LogP contribution in [0.2, 0.25) is 0 Å². The van der Waals surface area contributed by atoms with E-state index in [9.17, 15) is 9.90 Å². The van der Waals surface area contributed by atoms with Crippen molar-refractivity contribution in [2.45, 2.75) is 26.3 Å². The molecule has 0 spiro atoms. The van der Waals surface area contributed by atoms with Gasteiger partial charge in [0.25, 0.3) is 0 Å². The Bertz CT molecular complexity index is 1140. The molecule has 2 N–H and O–H groups in total. The minimum absolute atomic E-state index is 0.421. The minimum Gasteiger partial charge on any atom is -0.465 e. The van der Waals surface area contributed by atoms with Crippen molar-refractivity contribution in [3.05, 3.63) is 60.8 Å².